The molecule has 2 unspecified atom stereocenters. The van der Waals surface area contributed by atoms with Gasteiger partial charge in [0, 0.05) is 38.2 Å². The molecule has 3 aliphatic rings. The Hall–Kier alpha value is -2.26. The number of rotatable bonds is 8. The Bertz CT molecular complexity index is 728. The first-order valence-electron chi connectivity index (χ1n) is 14.1. The molecule has 0 aromatic heterocycles. The number of cyclic esters (lactones) is 2. The van der Waals surface area contributed by atoms with Gasteiger partial charge in [0.25, 0.3) is 0 Å². The molecule has 0 bridgehead atoms. The Labute approximate surface area is 227 Å². The van der Waals surface area contributed by atoms with Crippen LogP contribution >= 0.6 is 0 Å². The maximum Gasteiger partial charge on any atom is 0.330 e. The van der Waals surface area contributed by atoms with E-state index in [1.165, 1.54) is 12.2 Å². The van der Waals surface area contributed by atoms with E-state index in [1.807, 2.05) is 0 Å². The number of esters is 2. The number of hydrogen-bond acceptors (Lipinski definition) is 8. The van der Waals surface area contributed by atoms with Crippen molar-refractivity contribution in [2.24, 2.45) is 0 Å². The fourth-order valence-electron chi connectivity index (χ4n) is 4.75. The summed E-state index contributed by atoms with van der Waals surface area (Å²) in [6.45, 7) is 8.93. The summed E-state index contributed by atoms with van der Waals surface area (Å²) in [4.78, 5) is 25.5. The lowest BCUT2D eigenvalue weighted by molar-refractivity contribution is -0.181. The van der Waals surface area contributed by atoms with Crippen LogP contribution in [-0.4, -0.2) is 62.1 Å². The lowest BCUT2D eigenvalue weighted by Crippen LogP contribution is -2.29. The van der Waals surface area contributed by atoms with Crippen molar-refractivity contribution in [1.82, 2.24) is 0 Å². The smallest absolute Gasteiger partial charge is 0.330 e. The standard InChI is InChI=1S/C30H44O8/c1-3-9-23-13-15-25(37-29-11-5-7-21-33-29)18-20-28(32)36-24(10-4-2)14-16-26(17-19-27(31)35-23)38-30-12-6-8-22-34-30/h3-4,17-20,23-26,29-30H,1-2,5-16,21-22H2/b19-17+,20-18+/t23-,24-,25-,26-,29?,30?/m1/s1. The van der Waals surface area contributed by atoms with Gasteiger partial charge in [-0.2, -0.15) is 0 Å². The second-order valence-electron chi connectivity index (χ2n) is 9.98. The SMILES string of the molecule is C=CC[C@@H]1CC[C@@H](OC2CCCCO2)/C=C/C(=O)O[C@H](CC=C)CC[C@@H](OC2CCCCO2)/C=C/C(=O)O1. The van der Waals surface area contributed by atoms with E-state index in [1.54, 1.807) is 24.3 Å². The zero-order valence-electron chi connectivity index (χ0n) is 22.5. The van der Waals surface area contributed by atoms with Gasteiger partial charge in [-0.1, -0.05) is 12.2 Å². The molecule has 8 heteroatoms. The summed E-state index contributed by atoms with van der Waals surface area (Å²) < 4.78 is 35.3. The summed E-state index contributed by atoms with van der Waals surface area (Å²) in [6, 6.07) is 0. The second kappa shape index (κ2) is 17.4. The van der Waals surface area contributed by atoms with Crippen LogP contribution < -0.4 is 0 Å². The molecule has 0 aliphatic carbocycles. The minimum atomic E-state index is -0.431. The maximum atomic E-state index is 12.7. The molecule has 2 saturated heterocycles. The van der Waals surface area contributed by atoms with E-state index in [2.05, 4.69) is 13.2 Å². The first-order valence-corrected chi connectivity index (χ1v) is 14.1. The number of hydrogen-bond donors (Lipinski definition) is 0. The van der Waals surface area contributed by atoms with Gasteiger partial charge in [0.15, 0.2) is 12.6 Å². The van der Waals surface area contributed by atoms with Crippen molar-refractivity contribution < 1.29 is 38.0 Å². The van der Waals surface area contributed by atoms with E-state index in [4.69, 9.17) is 28.4 Å². The molecule has 0 aromatic rings. The molecule has 0 aromatic carbocycles. The van der Waals surface area contributed by atoms with Crippen LogP contribution in [0.25, 0.3) is 0 Å². The average Bonchev–Trinajstić information content (AvgIpc) is 2.92. The Kier molecular flexibility index (Phi) is 13.8. The van der Waals surface area contributed by atoms with Crippen LogP contribution in [0.4, 0.5) is 0 Å². The molecule has 3 aliphatic heterocycles. The molecule has 0 amide bonds. The Morgan fingerprint density at radius 1 is 0.684 bits per heavy atom. The summed E-state index contributed by atoms with van der Waals surface area (Å²) in [5.74, 6) is -0.861. The van der Waals surface area contributed by atoms with Crippen molar-refractivity contribution in [3.05, 3.63) is 49.6 Å². The van der Waals surface area contributed by atoms with Crippen molar-refractivity contribution in [2.45, 2.75) is 114 Å². The Balaban J connectivity index is 1.74. The lowest BCUT2D eigenvalue weighted by atomic mass is 10.1. The van der Waals surface area contributed by atoms with E-state index in [-0.39, 0.29) is 37.0 Å². The molecule has 0 saturated carbocycles. The first-order chi connectivity index (χ1) is 18.6. The van der Waals surface area contributed by atoms with Crippen LogP contribution in [0.5, 0.6) is 0 Å². The van der Waals surface area contributed by atoms with Gasteiger partial charge in [-0.25, -0.2) is 9.59 Å². The highest BCUT2D eigenvalue weighted by atomic mass is 16.7. The molecule has 0 spiro atoms. The monoisotopic (exact) mass is 532 g/mol. The van der Waals surface area contributed by atoms with Gasteiger partial charge >= 0.3 is 11.9 Å². The third kappa shape index (κ3) is 11.6. The molecule has 3 rings (SSSR count). The van der Waals surface area contributed by atoms with Gasteiger partial charge in [0.2, 0.25) is 0 Å². The zero-order chi connectivity index (χ0) is 27.0. The van der Waals surface area contributed by atoms with E-state index < -0.39 is 11.9 Å². The van der Waals surface area contributed by atoms with E-state index >= 15 is 0 Å². The lowest BCUT2D eigenvalue weighted by Gasteiger charge is -2.28. The normalized spacial score (nSPS) is 33.9. The minimum Gasteiger partial charge on any atom is -0.459 e. The van der Waals surface area contributed by atoms with Crippen molar-refractivity contribution in [3.8, 4) is 0 Å². The fraction of sp³-hybridized carbons (Fsp3) is 0.667. The van der Waals surface area contributed by atoms with Crippen molar-refractivity contribution in [3.63, 3.8) is 0 Å². The fourth-order valence-corrected chi connectivity index (χ4v) is 4.75. The first kappa shape index (κ1) is 30.3. The third-order valence-electron chi connectivity index (χ3n) is 6.79. The molecule has 0 N–H and O–H groups in total. The van der Waals surface area contributed by atoms with Crippen LogP contribution in [-0.2, 0) is 38.0 Å². The third-order valence-corrected chi connectivity index (χ3v) is 6.79. The topological polar surface area (TPSA) is 89.5 Å². The summed E-state index contributed by atoms with van der Waals surface area (Å²) >= 11 is 0. The molecule has 3 heterocycles. The highest BCUT2D eigenvalue weighted by Gasteiger charge is 2.24. The number of carbonyl (C=O) groups is 2. The maximum absolute atomic E-state index is 12.7. The number of ether oxygens (including phenoxy) is 6. The highest BCUT2D eigenvalue weighted by Crippen LogP contribution is 2.22. The minimum absolute atomic E-state index is 0.318. The van der Waals surface area contributed by atoms with Crippen LogP contribution in [0.2, 0.25) is 0 Å². The van der Waals surface area contributed by atoms with Gasteiger partial charge < -0.3 is 28.4 Å². The van der Waals surface area contributed by atoms with E-state index in [0.717, 1.165) is 38.5 Å². The molecule has 6 atom stereocenters. The number of carbonyl (C=O) groups excluding carboxylic acids is 2. The molecular formula is C30H44O8. The molecule has 8 nitrogen and oxygen atoms in total. The molecule has 2 fully saturated rings. The largest absolute Gasteiger partial charge is 0.459 e. The predicted molar refractivity (Wildman–Crippen MR) is 143 cm³/mol. The Morgan fingerprint density at radius 2 is 1.13 bits per heavy atom. The summed E-state index contributed by atoms with van der Waals surface area (Å²) in [7, 11) is 0. The van der Waals surface area contributed by atoms with Gasteiger partial charge in [0.1, 0.15) is 12.2 Å². The molecule has 38 heavy (non-hydrogen) atoms. The van der Waals surface area contributed by atoms with Crippen LogP contribution in [0, 0.1) is 0 Å². The summed E-state index contributed by atoms with van der Waals surface area (Å²) in [5.41, 5.74) is 0. The van der Waals surface area contributed by atoms with Crippen molar-refractivity contribution in [1.29, 1.82) is 0 Å². The van der Waals surface area contributed by atoms with Crippen molar-refractivity contribution in [2.75, 3.05) is 13.2 Å². The molecule has 212 valence electrons. The quantitative estimate of drug-likeness (QED) is 0.300. The van der Waals surface area contributed by atoms with Gasteiger partial charge in [0.05, 0.1) is 12.2 Å². The summed E-state index contributed by atoms with van der Waals surface area (Å²) in [5, 5.41) is 0. The van der Waals surface area contributed by atoms with Gasteiger partial charge in [-0.3, -0.25) is 0 Å². The van der Waals surface area contributed by atoms with E-state index in [9.17, 15) is 9.59 Å². The zero-order valence-corrected chi connectivity index (χ0v) is 22.5. The second-order valence-corrected chi connectivity index (χ2v) is 9.98. The van der Waals surface area contributed by atoms with Crippen LogP contribution in [0.1, 0.15) is 77.0 Å². The van der Waals surface area contributed by atoms with Gasteiger partial charge in [-0.15, -0.1) is 13.2 Å². The average molecular weight is 533 g/mol. The Morgan fingerprint density at radius 3 is 1.50 bits per heavy atom. The van der Waals surface area contributed by atoms with Crippen LogP contribution in [0.3, 0.4) is 0 Å². The molecule has 0 radical (unpaired) electrons. The van der Waals surface area contributed by atoms with E-state index in [0.29, 0.717) is 51.7 Å². The van der Waals surface area contributed by atoms with Crippen LogP contribution in [0.15, 0.2) is 49.6 Å². The highest BCUT2D eigenvalue weighted by molar-refractivity contribution is 5.82. The molecular weight excluding hydrogens is 488 g/mol. The van der Waals surface area contributed by atoms with Crippen molar-refractivity contribution >= 4 is 11.9 Å². The van der Waals surface area contributed by atoms with Gasteiger partial charge in [-0.05, 0) is 76.4 Å². The summed E-state index contributed by atoms with van der Waals surface area (Å²) in [6.07, 6.45) is 16.5. The predicted octanol–water partition coefficient (Wildman–Crippen LogP) is 5.47.